The standard InChI is InChI=1S/30Y. The van der Waals surface area contributed by atoms with Crippen LogP contribution in [-0.2, 0) is 981 Å². The molecule has 0 bridgehead atoms. The molecule has 0 saturated heterocycles. The maximum atomic E-state index is 0. The van der Waals surface area contributed by atoms with Crippen molar-refractivity contribution >= 4 is 0 Å². The summed E-state index contributed by atoms with van der Waals surface area (Å²) < 4.78 is 0. The fraction of sp³-hybridized carbons (Fsp3) is 0. The Morgan fingerprint density at radius 3 is 0.0333 bits per heavy atom. The molecule has 0 atom stereocenters. The molecule has 0 spiro atoms. The molecule has 0 N–H and O–H groups in total. The first-order chi connectivity index (χ1) is 0. The molecule has 30 radical (unpaired) electrons. The molecule has 0 saturated carbocycles. The minimum absolute atomic E-state index is 0. The minimum Gasteiger partial charge on any atom is 0 e. The van der Waals surface area contributed by atoms with Crippen LogP contribution in [0.4, 0.5) is 0 Å². The zero-order valence-corrected chi connectivity index (χ0v) is 102. The SMILES string of the molecule is [Y].[Y].[Y].[Y].[Y].[Y].[Y].[Y].[Y].[Y].[Y].[Y].[Y].[Y].[Y].[Y].[Y].[Y].[Y].[Y].[Y].[Y].[Y].[Y].[Y].[Y].[Y].[Y].[Y].[Y]. The summed E-state index contributed by atoms with van der Waals surface area (Å²) in [6, 6.07) is 0. The van der Waals surface area contributed by atoms with Gasteiger partial charge in [-0.2, -0.15) is 0 Å². The molecule has 0 aliphatic carbocycles. The molecule has 0 nitrogen and oxygen atoms in total. The summed E-state index contributed by atoms with van der Waals surface area (Å²) in [5.41, 5.74) is 0. The second-order valence-electron chi connectivity index (χ2n) is 0. The fourth-order valence-corrected chi connectivity index (χ4v) is 0. The van der Waals surface area contributed by atoms with Crippen molar-refractivity contribution in [2.75, 3.05) is 0 Å². The van der Waals surface area contributed by atoms with Gasteiger partial charge in [0.25, 0.3) is 0 Å². The number of hydrogen-bond acceptors (Lipinski definition) is 0. The van der Waals surface area contributed by atoms with Gasteiger partial charge in [0.2, 0.25) is 0 Å². The van der Waals surface area contributed by atoms with Crippen molar-refractivity contribution in [3.63, 3.8) is 0 Å². The van der Waals surface area contributed by atoms with Crippen LogP contribution < -0.4 is 0 Å². The molecular weight excluding hydrogens is 2670 g/mol. The van der Waals surface area contributed by atoms with Crippen LogP contribution in [0.3, 0.4) is 0 Å². The topological polar surface area (TPSA) is 0 Å². The average Bonchev–Trinajstić information content (AvgIpc) is 0. The van der Waals surface area contributed by atoms with Gasteiger partial charge < -0.3 is 0 Å². The van der Waals surface area contributed by atoms with Gasteiger partial charge in [-0.3, -0.25) is 0 Å². The maximum absolute atomic E-state index is 0. The third-order valence-electron chi connectivity index (χ3n) is 0. The van der Waals surface area contributed by atoms with Crippen molar-refractivity contribution < 1.29 is 981 Å². The molecule has 0 fully saturated rings. The van der Waals surface area contributed by atoms with Crippen LogP contribution in [0.5, 0.6) is 0 Å². The van der Waals surface area contributed by atoms with Gasteiger partial charge >= 0.3 is 0 Å². The first-order valence-corrected chi connectivity index (χ1v) is 0. The van der Waals surface area contributed by atoms with Crippen LogP contribution >= 0.6 is 0 Å². The maximum Gasteiger partial charge on any atom is 0 e. The van der Waals surface area contributed by atoms with Crippen molar-refractivity contribution in [2.45, 2.75) is 0 Å². The van der Waals surface area contributed by atoms with Crippen LogP contribution in [0.15, 0.2) is 0 Å². The van der Waals surface area contributed by atoms with Crippen molar-refractivity contribution in [1.82, 2.24) is 0 Å². The van der Waals surface area contributed by atoms with E-state index in [4.69, 9.17) is 0 Å². The molecule has 0 aromatic rings. The molecule has 30 heteroatoms. The quantitative estimate of drug-likeness (QED) is 0.319. The monoisotopic (exact) mass is 2670 g/mol. The Balaban J connectivity index is 0. The Bertz CT molecular complexity index is 0. The van der Waals surface area contributed by atoms with Gasteiger partial charge in [-0.05, 0) is 0 Å². The van der Waals surface area contributed by atoms with Crippen LogP contribution in [0.1, 0.15) is 0 Å². The first kappa shape index (κ1) is 222. The van der Waals surface area contributed by atoms with E-state index in [0.717, 1.165) is 0 Å². The van der Waals surface area contributed by atoms with E-state index in [9.17, 15) is 0 Å². The normalized spacial score (nSPS) is 0. The summed E-state index contributed by atoms with van der Waals surface area (Å²) in [6.07, 6.45) is 0. The van der Waals surface area contributed by atoms with Crippen LogP contribution in [0.25, 0.3) is 0 Å². The predicted octanol–water partition coefficient (Wildman–Crippen LogP) is -0.0750. The third kappa shape index (κ3) is 201. The van der Waals surface area contributed by atoms with Crippen LogP contribution in [0, 0.1) is 0 Å². The Kier molecular flexibility index (Phi) is 1570. The molecule has 0 aromatic heterocycles. The van der Waals surface area contributed by atoms with Gasteiger partial charge in [0.05, 0.1) is 0 Å². The molecule has 0 aromatic carbocycles. The van der Waals surface area contributed by atoms with E-state index < -0.39 is 0 Å². The van der Waals surface area contributed by atoms with E-state index in [-0.39, 0.29) is 981 Å². The van der Waals surface area contributed by atoms with Crippen molar-refractivity contribution in [1.29, 1.82) is 0 Å². The summed E-state index contributed by atoms with van der Waals surface area (Å²) in [5, 5.41) is 0. The smallest absolute Gasteiger partial charge is 0 e. The Labute approximate surface area is 943 Å². The van der Waals surface area contributed by atoms with Gasteiger partial charge in [-0.1, -0.05) is 0 Å². The van der Waals surface area contributed by atoms with Gasteiger partial charge in [-0.15, -0.1) is 0 Å². The van der Waals surface area contributed by atoms with E-state index in [1.807, 2.05) is 0 Å². The molecule has 0 unspecified atom stereocenters. The second-order valence-corrected chi connectivity index (χ2v) is 0. The molecule has 0 amide bonds. The summed E-state index contributed by atoms with van der Waals surface area (Å²) in [6.45, 7) is 0. The Hall–Kier alpha value is 33.1. The zero-order valence-electron chi connectivity index (χ0n) is 17.3. The van der Waals surface area contributed by atoms with E-state index in [0.29, 0.717) is 0 Å². The van der Waals surface area contributed by atoms with E-state index >= 15 is 0 Å². The minimum atomic E-state index is 0. The first-order valence-electron chi connectivity index (χ1n) is 0. The Morgan fingerprint density at radius 2 is 0.0333 bits per heavy atom. The number of hydrogen-bond donors (Lipinski definition) is 0. The summed E-state index contributed by atoms with van der Waals surface area (Å²) >= 11 is 0. The molecule has 30 heavy (non-hydrogen) atoms. The van der Waals surface area contributed by atoms with Crippen LogP contribution in [0.2, 0.25) is 0 Å². The summed E-state index contributed by atoms with van der Waals surface area (Å²) in [4.78, 5) is 0. The van der Waals surface area contributed by atoms with Crippen molar-refractivity contribution in [3.05, 3.63) is 0 Å². The molecule has 0 aliphatic rings. The van der Waals surface area contributed by atoms with E-state index in [1.165, 1.54) is 0 Å². The predicted molar refractivity (Wildman–Crippen MR) is 0 cm³/mol. The number of rotatable bonds is 0. The molecule has 0 aliphatic heterocycles. The zero-order chi connectivity index (χ0) is 0. The molecule has 0 rings (SSSR count). The fourth-order valence-electron chi connectivity index (χ4n) is 0. The molecule has 90 valence electrons. The van der Waals surface area contributed by atoms with E-state index in [1.54, 1.807) is 0 Å². The third-order valence-corrected chi connectivity index (χ3v) is 0. The molecular formula is Y30. The van der Waals surface area contributed by atoms with E-state index in [2.05, 4.69) is 0 Å². The largest absolute Gasteiger partial charge is 0 e. The van der Waals surface area contributed by atoms with Gasteiger partial charge in [0, 0.05) is 981 Å². The van der Waals surface area contributed by atoms with Crippen LogP contribution in [-0.4, -0.2) is 0 Å². The second kappa shape index (κ2) is 212. The van der Waals surface area contributed by atoms with Gasteiger partial charge in [-0.25, -0.2) is 0 Å². The van der Waals surface area contributed by atoms with Crippen molar-refractivity contribution in [3.8, 4) is 0 Å². The van der Waals surface area contributed by atoms with Gasteiger partial charge in [0.15, 0.2) is 0 Å². The van der Waals surface area contributed by atoms with Crippen molar-refractivity contribution in [2.24, 2.45) is 0 Å². The summed E-state index contributed by atoms with van der Waals surface area (Å²) in [5.74, 6) is 0. The summed E-state index contributed by atoms with van der Waals surface area (Å²) in [7, 11) is 0. The average molecular weight is 2670 g/mol. The van der Waals surface area contributed by atoms with Gasteiger partial charge in [0.1, 0.15) is 0 Å². The Morgan fingerprint density at radius 1 is 0.0333 bits per heavy atom. The molecule has 0 heterocycles.